The van der Waals surface area contributed by atoms with Crippen LogP contribution in [0.15, 0.2) is 57.7 Å². The van der Waals surface area contributed by atoms with E-state index in [4.69, 9.17) is 26.3 Å². The number of hydrogen-bond acceptors (Lipinski definition) is 11. The first-order chi connectivity index (χ1) is 22.0. The Bertz CT molecular complexity index is 1790. The van der Waals surface area contributed by atoms with Crippen molar-refractivity contribution in [2.45, 2.75) is 73.9 Å². The van der Waals surface area contributed by atoms with Crippen molar-refractivity contribution in [2.75, 3.05) is 31.7 Å². The standard InChI is InChI=1S/C32H38ClN7O4S2/c1-31(2,3)46(43)38-28-20-6-5-11-34-22(20)16-32(28)9-12-39(13-10-32)29-23(18-41)37-25(17-35-29)45-24-8-7-21-26(27(24)33)30(42)40(19-36-21)14-15-44-4/h5-8,11,17,19,28,38,41H,9-10,12-16,18H2,1-4H3/t28-,46+/m1/s1. The van der Waals surface area contributed by atoms with Gasteiger partial charge in [-0.25, -0.2) is 15.0 Å². The zero-order valence-electron chi connectivity index (χ0n) is 26.3. The summed E-state index contributed by atoms with van der Waals surface area (Å²) in [5, 5.41) is 11.5. The second kappa shape index (κ2) is 13.4. The van der Waals surface area contributed by atoms with Gasteiger partial charge in [0.1, 0.15) is 15.5 Å². The number of nitrogens with zero attached hydrogens (tertiary/aromatic N) is 6. The van der Waals surface area contributed by atoms with Crippen molar-refractivity contribution in [3.63, 3.8) is 0 Å². The van der Waals surface area contributed by atoms with Crippen LogP contribution in [0.1, 0.15) is 56.6 Å². The fourth-order valence-electron chi connectivity index (χ4n) is 6.28. The van der Waals surface area contributed by atoms with E-state index in [1.807, 2.05) is 39.1 Å². The number of hydrogen-bond donors (Lipinski definition) is 2. The molecule has 2 aliphatic rings. The largest absolute Gasteiger partial charge is 0.598 e. The van der Waals surface area contributed by atoms with Gasteiger partial charge in [0.2, 0.25) is 0 Å². The number of aromatic nitrogens is 5. The van der Waals surface area contributed by atoms with E-state index < -0.39 is 16.1 Å². The molecule has 6 rings (SSSR count). The molecule has 1 spiro atoms. The average molecular weight is 684 g/mol. The molecule has 0 radical (unpaired) electrons. The summed E-state index contributed by atoms with van der Waals surface area (Å²) in [4.78, 5) is 34.5. The van der Waals surface area contributed by atoms with Gasteiger partial charge in [0.15, 0.2) is 5.82 Å². The molecule has 1 aromatic carbocycles. The molecular weight excluding hydrogens is 646 g/mol. The summed E-state index contributed by atoms with van der Waals surface area (Å²) in [6, 6.07) is 7.56. The Kier molecular flexibility index (Phi) is 9.64. The Labute approximate surface area is 280 Å². The number of pyridine rings is 1. The number of aliphatic hydroxyl groups is 1. The van der Waals surface area contributed by atoms with Crippen molar-refractivity contribution in [3.05, 3.63) is 75.3 Å². The van der Waals surface area contributed by atoms with Gasteiger partial charge in [-0.05, 0) is 63.8 Å². The molecule has 0 unspecified atom stereocenters. The molecule has 0 saturated carbocycles. The van der Waals surface area contributed by atoms with Crippen LogP contribution >= 0.6 is 23.4 Å². The zero-order valence-corrected chi connectivity index (χ0v) is 28.7. The fraction of sp³-hybridized carbons (Fsp3) is 0.469. The van der Waals surface area contributed by atoms with Crippen molar-refractivity contribution in [1.82, 2.24) is 29.2 Å². The second-order valence-electron chi connectivity index (χ2n) is 12.7. The van der Waals surface area contributed by atoms with Crippen LogP contribution in [0, 0.1) is 5.41 Å². The van der Waals surface area contributed by atoms with E-state index in [1.165, 1.54) is 22.7 Å². The quantitative estimate of drug-likeness (QED) is 0.242. The number of anilines is 1. The number of fused-ring (bicyclic) bond motifs is 2. The van der Waals surface area contributed by atoms with Gasteiger partial charge in [0.25, 0.3) is 5.56 Å². The SMILES string of the molecule is COCCn1cnc2ccc(Sc3cnc(N4CCC5(CC4)Cc4ncccc4[C@H]5N[S@@+]([O-])C(C)(C)C)c(CO)n3)c(Cl)c2c1=O. The summed E-state index contributed by atoms with van der Waals surface area (Å²) in [7, 11) is 1.58. The fourth-order valence-corrected chi connectivity index (χ4v) is 8.39. The number of methoxy groups -OCH3 is 1. The lowest BCUT2D eigenvalue weighted by molar-refractivity contribution is 0.175. The minimum absolute atomic E-state index is 0.0634. The molecule has 14 heteroatoms. The van der Waals surface area contributed by atoms with Gasteiger partial charge in [0, 0.05) is 53.8 Å². The van der Waals surface area contributed by atoms with Gasteiger partial charge < -0.3 is 19.3 Å². The number of aliphatic hydroxyl groups excluding tert-OH is 1. The van der Waals surface area contributed by atoms with Crippen molar-refractivity contribution in [2.24, 2.45) is 5.41 Å². The van der Waals surface area contributed by atoms with E-state index in [0.717, 1.165) is 30.5 Å². The summed E-state index contributed by atoms with van der Waals surface area (Å²) >= 11 is 6.80. The maximum atomic E-state index is 13.2. The normalized spacial score (nSPS) is 18.3. The van der Waals surface area contributed by atoms with Crippen LogP contribution in [-0.2, 0) is 35.7 Å². The van der Waals surface area contributed by atoms with Gasteiger partial charge >= 0.3 is 0 Å². The molecule has 46 heavy (non-hydrogen) atoms. The van der Waals surface area contributed by atoms with Crippen LogP contribution in [0.3, 0.4) is 0 Å². The third-order valence-corrected chi connectivity index (χ3v) is 11.8. The smallest absolute Gasteiger partial charge is 0.262 e. The van der Waals surface area contributed by atoms with E-state index in [0.29, 0.717) is 63.6 Å². The van der Waals surface area contributed by atoms with Crippen LogP contribution in [0.5, 0.6) is 0 Å². The highest BCUT2D eigenvalue weighted by molar-refractivity contribution is 7.99. The van der Waals surface area contributed by atoms with Crippen molar-refractivity contribution in [3.8, 4) is 0 Å². The average Bonchev–Trinajstić information content (AvgIpc) is 3.33. The van der Waals surface area contributed by atoms with Crippen LogP contribution in [0.4, 0.5) is 5.82 Å². The van der Waals surface area contributed by atoms with Crippen molar-refractivity contribution >= 4 is 51.4 Å². The predicted octanol–water partition coefficient (Wildman–Crippen LogP) is 4.46. The third kappa shape index (κ3) is 6.38. The Morgan fingerprint density at radius 3 is 2.72 bits per heavy atom. The molecule has 1 aliphatic heterocycles. The number of rotatable bonds is 9. The Morgan fingerprint density at radius 2 is 2.00 bits per heavy atom. The maximum Gasteiger partial charge on any atom is 0.262 e. The molecule has 1 aliphatic carbocycles. The Morgan fingerprint density at radius 1 is 1.22 bits per heavy atom. The molecule has 1 saturated heterocycles. The molecule has 0 bridgehead atoms. The minimum atomic E-state index is -1.23. The number of halogens is 1. The highest BCUT2D eigenvalue weighted by Gasteiger charge is 2.51. The molecule has 4 heterocycles. The summed E-state index contributed by atoms with van der Waals surface area (Å²) in [5.74, 6) is 0.646. The summed E-state index contributed by atoms with van der Waals surface area (Å²) in [6.45, 7) is 7.83. The highest BCUT2D eigenvalue weighted by atomic mass is 35.5. The lowest BCUT2D eigenvalue weighted by atomic mass is 9.73. The van der Waals surface area contributed by atoms with Crippen molar-refractivity contribution < 1.29 is 14.4 Å². The van der Waals surface area contributed by atoms with Gasteiger partial charge in [-0.2, -0.15) is 0 Å². The molecule has 2 atom stereocenters. The first-order valence-electron chi connectivity index (χ1n) is 15.2. The number of ether oxygens (including phenoxy) is 1. The van der Waals surface area contributed by atoms with E-state index in [1.54, 1.807) is 19.4 Å². The highest BCUT2D eigenvalue weighted by Crippen LogP contribution is 2.52. The van der Waals surface area contributed by atoms with E-state index in [2.05, 4.69) is 25.7 Å². The molecule has 3 aromatic heterocycles. The summed E-state index contributed by atoms with van der Waals surface area (Å²) in [6.07, 6.45) is 7.51. The lowest BCUT2D eigenvalue weighted by Crippen LogP contribution is -2.50. The van der Waals surface area contributed by atoms with E-state index in [-0.39, 0.29) is 23.6 Å². The Hall–Kier alpha value is -2.78. The molecular formula is C32H38ClN7O4S2. The maximum absolute atomic E-state index is 13.2. The van der Waals surface area contributed by atoms with Crippen LogP contribution in [0.2, 0.25) is 5.02 Å². The zero-order chi connectivity index (χ0) is 32.6. The molecule has 244 valence electrons. The van der Waals surface area contributed by atoms with E-state index in [9.17, 15) is 14.5 Å². The number of benzene rings is 1. The molecule has 0 amide bonds. The first-order valence-corrected chi connectivity index (χ1v) is 17.6. The van der Waals surface area contributed by atoms with Crippen LogP contribution < -0.4 is 15.2 Å². The molecule has 11 nitrogen and oxygen atoms in total. The van der Waals surface area contributed by atoms with Crippen LogP contribution in [0.25, 0.3) is 10.9 Å². The number of piperidine rings is 1. The first kappa shape index (κ1) is 33.1. The predicted molar refractivity (Wildman–Crippen MR) is 181 cm³/mol. The third-order valence-electron chi connectivity index (χ3n) is 8.80. The summed E-state index contributed by atoms with van der Waals surface area (Å²) in [5.41, 5.74) is 2.81. The minimum Gasteiger partial charge on any atom is -0.598 e. The summed E-state index contributed by atoms with van der Waals surface area (Å²) < 4.78 is 22.9. The molecule has 2 N–H and O–H groups in total. The Balaban J connectivity index is 1.21. The monoisotopic (exact) mass is 683 g/mol. The van der Waals surface area contributed by atoms with Crippen LogP contribution in [-0.4, -0.2) is 65.7 Å². The van der Waals surface area contributed by atoms with Crippen molar-refractivity contribution in [1.29, 1.82) is 0 Å². The molecule has 1 fully saturated rings. The van der Waals surface area contributed by atoms with Gasteiger partial charge in [-0.1, -0.05) is 29.4 Å². The van der Waals surface area contributed by atoms with E-state index >= 15 is 0 Å². The molecule has 4 aromatic rings. The van der Waals surface area contributed by atoms with Gasteiger partial charge in [-0.15, -0.1) is 4.72 Å². The van der Waals surface area contributed by atoms with Gasteiger partial charge in [-0.3, -0.25) is 14.3 Å². The number of nitrogens with one attached hydrogen (secondary N) is 1. The van der Waals surface area contributed by atoms with Gasteiger partial charge in [0.05, 0.1) is 54.3 Å². The lowest BCUT2D eigenvalue weighted by Gasteiger charge is -2.44. The topological polar surface area (TPSA) is 141 Å². The second-order valence-corrected chi connectivity index (χ2v) is 16.2.